The molecular weight excluding hydrogens is 430 g/mol. The van der Waals surface area contributed by atoms with E-state index in [0.717, 1.165) is 43.5 Å². The molecule has 0 saturated carbocycles. The van der Waals surface area contributed by atoms with Gasteiger partial charge in [-0.15, -0.1) is 11.3 Å². The summed E-state index contributed by atoms with van der Waals surface area (Å²) < 4.78 is 1.25. The molecule has 0 saturated heterocycles. The standard InChI is InChI=1S/C27H35N3O2S/c1-6-8-20-15-21(28-17-31)9-11-24(20)27(32)29-22-10-12-26-25(16-22)23(19(4)33-26)13-14-30(5)18(3)7-2/h9-12,15-18H,6-8,13-14H2,1-5H3,(H,28,31)(H,29,32). The second-order valence-electron chi connectivity index (χ2n) is 8.67. The summed E-state index contributed by atoms with van der Waals surface area (Å²) in [6, 6.07) is 12.2. The zero-order chi connectivity index (χ0) is 24.0. The number of carbonyl (C=O) groups is 2. The molecule has 3 rings (SSSR count). The van der Waals surface area contributed by atoms with Gasteiger partial charge in [0.2, 0.25) is 6.41 Å². The van der Waals surface area contributed by atoms with Crippen LogP contribution in [0.4, 0.5) is 11.4 Å². The summed E-state index contributed by atoms with van der Waals surface area (Å²) in [5, 5.41) is 6.99. The molecule has 176 valence electrons. The number of rotatable bonds is 11. The Morgan fingerprint density at radius 1 is 1.12 bits per heavy atom. The summed E-state index contributed by atoms with van der Waals surface area (Å²) in [7, 11) is 2.19. The lowest BCUT2D eigenvalue weighted by Crippen LogP contribution is -2.30. The van der Waals surface area contributed by atoms with Gasteiger partial charge >= 0.3 is 0 Å². The van der Waals surface area contributed by atoms with Crippen molar-refractivity contribution in [3.8, 4) is 0 Å². The van der Waals surface area contributed by atoms with Crippen LogP contribution in [0.25, 0.3) is 10.1 Å². The number of thiophene rings is 1. The summed E-state index contributed by atoms with van der Waals surface area (Å²) in [5.74, 6) is -0.125. The van der Waals surface area contributed by atoms with Crippen LogP contribution in [0, 0.1) is 6.92 Å². The van der Waals surface area contributed by atoms with Gasteiger partial charge in [0, 0.05) is 39.1 Å². The van der Waals surface area contributed by atoms with E-state index in [1.165, 1.54) is 20.5 Å². The molecule has 1 aromatic heterocycles. The van der Waals surface area contributed by atoms with E-state index in [0.29, 0.717) is 23.7 Å². The summed E-state index contributed by atoms with van der Waals surface area (Å²) in [4.78, 5) is 27.7. The van der Waals surface area contributed by atoms with Gasteiger partial charge in [-0.3, -0.25) is 9.59 Å². The third-order valence-electron chi connectivity index (χ3n) is 6.40. The summed E-state index contributed by atoms with van der Waals surface area (Å²) in [6.07, 6.45) is 4.48. The van der Waals surface area contributed by atoms with Crippen molar-refractivity contribution in [3.63, 3.8) is 0 Å². The number of fused-ring (bicyclic) bond motifs is 1. The molecule has 1 atom stereocenters. The topological polar surface area (TPSA) is 61.4 Å². The number of nitrogens with zero attached hydrogens (tertiary/aromatic N) is 1. The number of anilines is 2. The van der Waals surface area contributed by atoms with Gasteiger partial charge in [-0.1, -0.05) is 20.3 Å². The molecule has 2 N–H and O–H groups in total. The number of likely N-dealkylation sites (N-methyl/N-ethyl adjacent to an activating group) is 1. The van der Waals surface area contributed by atoms with Crippen LogP contribution in [0.15, 0.2) is 36.4 Å². The maximum atomic E-state index is 13.1. The van der Waals surface area contributed by atoms with Crippen molar-refractivity contribution >= 4 is 45.1 Å². The van der Waals surface area contributed by atoms with E-state index in [1.54, 1.807) is 12.1 Å². The maximum Gasteiger partial charge on any atom is 0.255 e. The van der Waals surface area contributed by atoms with Gasteiger partial charge in [0.05, 0.1) is 0 Å². The van der Waals surface area contributed by atoms with Crippen molar-refractivity contribution in [3.05, 3.63) is 58.0 Å². The van der Waals surface area contributed by atoms with Gasteiger partial charge in [0.15, 0.2) is 0 Å². The van der Waals surface area contributed by atoms with E-state index >= 15 is 0 Å². The Morgan fingerprint density at radius 2 is 1.88 bits per heavy atom. The molecule has 5 nitrogen and oxygen atoms in total. The highest BCUT2D eigenvalue weighted by Crippen LogP contribution is 2.33. The Balaban J connectivity index is 1.83. The van der Waals surface area contributed by atoms with Crippen LogP contribution in [0.5, 0.6) is 0 Å². The van der Waals surface area contributed by atoms with Gasteiger partial charge in [-0.05, 0) is 93.1 Å². The van der Waals surface area contributed by atoms with Crippen molar-refractivity contribution in [2.45, 2.75) is 59.4 Å². The molecule has 33 heavy (non-hydrogen) atoms. The second-order valence-corrected chi connectivity index (χ2v) is 9.93. The molecule has 0 radical (unpaired) electrons. The average molecular weight is 466 g/mol. The number of amides is 2. The minimum absolute atomic E-state index is 0.125. The number of benzene rings is 2. The Morgan fingerprint density at radius 3 is 2.58 bits per heavy atom. The third kappa shape index (κ3) is 6.01. The van der Waals surface area contributed by atoms with Gasteiger partial charge in [-0.25, -0.2) is 0 Å². The van der Waals surface area contributed by atoms with E-state index in [9.17, 15) is 9.59 Å². The maximum absolute atomic E-state index is 13.1. The van der Waals surface area contributed by atoms with E-state index < -0.39 is 0 Å². The van der Waals surface area contributed by atoms with E-state index in [-0.39, 0.29) is 5.91 Å². The molecule has 0 aliphatic heterocycles. The molecule has 0 aliphatic rings. The lowest BCUT2D eigenvalue weighted by atomic mass is 10.0. The van der Waals surface area contributed by atoms with Crippen LogP contribution >= 0.6 is 11.3 Å². The molecule has 1 heterocycles. The molecule has 1 unspecified atom stereocenters. The Kier molecular flexibility index (Phi) is 8.64. The monoisotopic (exact) mass is 465 g/mol. The number of hydrogen-bond donors (Lipinski definition) is 2. The quantitative estimate of drug-likeness (QED) is 0.329. The third-order valence-corrected chi connectivity index (χ3v) is 7.53. The normalized spacial score (nSPS) is 12.2. The minimum atomic E-state index is -0.125. The molecule has 2 amide bonds. The van der Waals surface area contributed by atoms with Crippen LogP contribution in [0.1, 0.15) is 60.0 Å². The summed E-state index contributed by atoms with van der Waals surface area (Å²) >= 11 is 1.82. The van der Waals surface area contributed by atoms with Crippen LogP contribution in [0.2, 0.25) is 0 Å². The Hall–Kier alpha value is -2.70. The highest BCUT2D eigenvalue weighted by atomic mass is 32.1. The molecule has 0 bridgehead atoms. The number of aryl methyl sites for hydroxylation is 2. The van der Waals surface area contributed by atoms with Crippen LogP contribution in [0.3, 0.4) is 0 Å². The summed E-state index contributed by atoms with van der Waals surface area (Å²) in [5.41, 5.74) is 4.46. The lowest BCUT2D eigenvalue weighted by Gasteiger charge is -2.23. The first-order valence-electron chi connectivity index (χ1n) is 11.7. The largest absolute Gasteiger partial charge is 0.329 e. The molecule has 3 aromatic rings. The van der Waals surface area contributed by atoms with Crippen molar-refractivity contribution in [1.82, 2.24) is 4.90 Å². The second kappa shape index (κ2) is 11.4. The van der Waals surface area contributed by atoms with Crippen LogP contribution < -0.4 is 10.6 Å². The number of nitrogens with one attached hydrogen (secondary N) is 2. The van der Waals surface area contributed by atoms with Gasteiger partial charge in [0.1, 0.15) is 0 Å². The van der Waals surface area contributed by atoms with Crippen LogP contribution in [-0.2, 0) is 17.6 Å². The summed E-state index contributed by atoms with van der Waals surface area (Å²) in [6.45, 7) is 9.77. The van der Waals surface area contributed by atoms with Crippen molar-refractivity contribution in [2.75, 3.05) is 24.2 Å². The molecule has 0 spiro atoms. The average Bonchev–Trinajstić information content (AvgIpc) is 3.11. The fourth-order valence-corrected chi connectivity index (χ4v) is 5.22. The van der Waals surface area contributed by atoms with E-state index in [1.807, 2.05) is 23.5 Å². The first-order chi connectivity index (χ1) is 15.9. The molecular formula is C27H35N3O2S. The highest BCUT2D eigenvalue weighted by molar-refractivity contribution is 7.19. The zero-order valence-corrected chi connectivity index (χ0v) is 21.1. The minimum Gasteiger partial charge on any atom is -0.329 e. The number of hydrogen-bond acceptors (Lipinski definition) is 4. The van der Waals surface area contributed by atoms with Crippen molar-refractivity contribution in [2.24, 2.45) is 0 Å². The Labute approximate surface area is 201 Å². The first kappa shape index (κ1) is 24.9. The van der Waals surface area contributed by atoms with Gasteiger partial charge in [0.25, 0.3) is 5.91 Å². The predicted octanol–water partition coefficient (Wildman–Crippen LogP) is 6.26. The van der Waals surface area contributed by atoms with Crippen LogP contribution in [-0.4, -0.2) is 36.9 Å². The van der Waals surface area contributed by atoms with Gasteiger partial charge in [-0.2, -0.15) is 0 Å². The highest BCUT2D eigenvalue weighted by Gasteiger charge is 2.15. The number of carbonyl (C=O) groups excluding carboxylic acids is 2. The lowest BCUT2D eigenvalue weighted by molar-refractivity contribution is -0.105. The fourth-order valence-electron chi connectivity index (χ4n) is 4.13. The smallest absolute Gasteiger partial charge is 0.255 e. The SMILES string of the molecule is CCCc1cc(NC=O)ccc1C(=O)Nc1ccc2sc(C)c(CCN(C)C(C)CC)c2c1. The van der Waals surface area contributed by atoms with Crippen molar-refractivity contribution < 1.29 is 9.59 Å². The Bertz CT molecular complexity index is 1120. The fraction of sp³-hybridized carbons (Fsp3) is 0.407. The zero-order valence-electron chi connectivity index (χ0n) is 20.3. The molecule has 6 heteroatoms. The first-order valence-corrected chi connectivity index (χ1v) is 12.6. The van der Waals surface area contributed by atoms with Crippen molar-refractivity contribution in [1.29, 1.82) is 0 Å². The predicted molar refractivity (Wildman–Crippen MR) is 141 cm³/mol. The molecule has 0 fully saturated rings. The molecule has 2 aromatic carbocycles. The van der Waals surface area contributed by atoms with E-state index in [2.05, 4.69) is 62.4 Å². The van der Waals surface area contributed by atoms with Gasteiger partial charge < -0.3 is 15.5 Å². The molecule has 0 aliphatic carbocycles. The van der Waals surface area contributed by atoms with E-state index in [4.69, 9.17) is 0 Å².